The van der Waals surface area contributed by atoms with Crippen molar-refractivity contribution in [1.29, 1.82) is 0 Å². The first-order chi connectivity index (χ1) is 12.8. The molecule has 0 aromatic heterocycles. The predicted molar refractivity (Wildman–Crippen MR) is 108 cm³/mol. The van der Waals surface area contributed by atoms with Crippen molar-refractivity contribution in [2.24, 2.45) is 0 Å². The third-order valence-electron chi connectivity index (χ3n) is 5.67. The third-order valence-corrected chi connectivity index (χ3v) is 5.67. The smallest absolute Gasteiger partial charge is 0.0396 e. The number of aryl methyl sites for hydroxylation is 1. The Labute approximate surface area is 157 Å². The molecule has 2 saturated heterocycles. The van der Waals surface area contributed by atoms with Crippen molar-refractivity contribution in [2.45, 2.75) is 19.4 Å². The van der Waals surface area contributed by atoms with E-state index in [1.165, 1.54) is 16.8 Å². The molecule has 2 heterocycles. The molecule has 0 amide bonds. The van der Waals surface area contributed by atoms with Crippen molar-refractivity contribution in [3.63, 3.8) is 0 Å². The lowest BCUT2D eigenvalue weighted by Crippen LogP contribution is -2.61. The zero-order chi connectivity index (χ0) is 17.8. The Morgan fingerprint density at radius 3 is 2.35 bits per heavy atom. The number of hydrazine groups is 1. The number of hydrogen-bond donors (Lipinski definition) is 1. The monoisotopic (exact) mass is 350 g/mol. The van der Waals surface area contributed by atoms with Crippen molar-refractivity contribution in [2.75, 3.05) is 50.7 Å². The van der Waals surface area contributed by atoms with Crippen LogP contribution in [-0.2, 0) is 6.42 Å². The minimum atomic E-state index is 0.542. The molecule has 138 valence electrons. The molecule has 0 aliphatic carbocycles. The van der Waals surface area contributed by atoms with Crippen molar-refractivity contribution in [3.05, 3.63) is 65.7 Å². The van der Waals surface area contributed by atoms with E-state index in [0.717, 1.165) is 52.2 Å². The summed E-state index contributed by atoms with van der Waals surface area (Å²) in [6, 6.07) is 20.1. The van der Waals surface area contributed by atoms with Gasteiger partial charge in [0.05, 0.1) is 0 Å². The van der Waals surface area contributed by atoms with Crippen LogP contribution in [0.2, 0.25) is 0 Å². The number of nitrogens with one attached hydrogen (secondary N) is 1. The van der Waals surface area contributed by atoms with Crippen LogP contribution in [0.25, 0.3) is 0 Å². The Kier molecular flexibility index (Phi) is 5.54. The van der Waals surface area contributed by atoms with E-state index in [9.17, 15) is 0 Å². The van der Waals surface area contributed by atoms with Gasteiger partial charge in [-0.3, -0.25) is 0 Å². The van der Waals surface area contributed by atoms with Gasteiger partial charge < -0.3 is 10.2 Å². The van der Waals surface area contributed by atoms with Gasteiger partial charge in [0.1, 0.15) is 0 Å². The molecule has 1 atom stereocenters. The Hall–Kier alpha value is -1.88. The van der Waals surface area contributed by atoms with E-state index < -0.39 is 0 Å². The molecule has 0 radical (unpaired) electrons. The summed E-state index contributed by atoms with van der Waals surface area (Å²) in [5.41, 5.74) is 4.21. The molecule has 1 N–H and O–H groups in total. The standard InChI is InChI=1S/C22H30N4/c1-19-7-5-6-10-22(19)24-13-15-25(16-14-24)26-12-11-23-21(18-26)17-20-8-3-2-4-9-20/h2-10,21,23H,11-18H2,1H3. The van der Waals surface area contributed by atoms with E-state index in [2.05, 4.69) is 81.8 Å². The van der Waals surface area contributed by atoms with Gasteiger partial charge in [0.2, 0.25) is 0 Å². The number of para-hydroxylation sites is 1. The van der Waals surface area contributed by atoms with Crippen LogP contribution in [-0.4, -0.2) is 61.9 Å². The van der Waals surface area contributed by atoms with Gasteiger partial charge in [-0.2, -0.15) is 0 Å². The quantitative estimate of drug-likeness (QED) is 0.915. The van der Waals surface area contributed by atoms with Crippen LogP contribution < -0.4 is 10.2 Å². The van der Waals surface area contributed by atoms with Gasteiger partial charge in [-0.25, -0.2) is 10.0 Å². The Morgan fingerprint density at radius 1 is 0.846 bits per heavy atom. The Bertz CT molecular complexity index is 694. The highest BCUT2D eigenvalue weighted by Crippen LogP contribution is 2.21. The molecule has 2 aliphatic heterocycles. The SMILES string of the molecule is Cc1ccccc1N1CCN(N2CCNC(Cc3ccccc3)C2)CC1. The largest absolute Gasteiger partial charge is 0.369 e. The Balaban J connectivity index is 1.32. The second-order valence-corrected chi connectivity index (χ2v) is 7.48. The molecule has 2 aromatic rings. The van der Waals surface area contributed by atoms with E-state index in [-0.39, 0.29) is 0 Å². The van der Waals surface area contributed by atoms with Crippen LogP contribution in [0.4, 0.5) is 5.69 Å². The number of rotatable bonds is 4. The van der Waals surface area contributed by atoms with Gasteiger partial charge in [0.15, 0.2) is 0 Å². The van der Waals surface area contributed by atoms with Crippen LogP contribution >= 0.6 is 0 Å². The highest BCUT2D eigenvalue weighted by Gasteiger charge is 2.27. The molecule has 0 bridgehead atoms. The van der Waals surface area contributed by atoms with E-state index in [4.69, 9.17) is 0 Å². The van der Waals surface area contributed by atoms with Crippen molar-refractivity contribution >= 4 is 5.69 Å². The molecule has 1 unspecified atom stereocenters. The summed E-state index contributed by atoms with van der Waals surface area (Å²) < 4.78 is 0. The molecule has 4 nitrogen and oxygen atoms in total. The molecule has 4 rings (SSSR count). The average molecular weight is 351 g/mol. The van der Waals surface area contributed by atoms with Crippen LogP contribution in [0.15, 0.2) is 54.6 Å². The fraction of sp³-hybridized carbons (Fsp3) is 0.455. The van der Waals surface area contributed by atoms with Crippen LogP contribution in [0.1, 0.15) is 11.1 Å². The summed E-state index contributed by atoms with van der Waals surface area (Å²) in [7, 11) is 0. The second-order valence-electron chi connectivity index (χ2n) is 7.48. The zero-order valence-electron chi connectivity index (χ0n) is 15.8. The fourth-order valence-electron chi connectivity index (χ4n) is 4.24. The lowest BCUT2D eigenvalue weighted by molar-refractivity contribution is -0.0486. The van der Waals surface area contributed by atoms with Gasteiger partial charge in [0.25, 0.3) is 0 Å². The summed E-state index contributed by atoms with van der Waals surface area (Å²) in [6.45, 7) is 9.98. The normalized spacial score (nSPS) is 22.5. The number of hydrogen-bond acceptors (Lipinski definition) is 4. The van der Waals surface area contributed by atoms with Crippen molar-refractivity contribution in [3.8, 4) is 0 Å². The maximum Gasteiger partial charge on any atom is 0.0396 e. The molecule has 2 fully saturated rings. The van der Waals surface area contributed by atoms with Crippen LogP contribution in [0.3, 0.4) is 0 Å². The highest BCUT2D eigenvalue weighted by atomic mass is 15.6. The van der Waals surface area contributed by atoms with Gasteiger partial charge >= 0.3 is 0 Å². The van der Waals surface area contributed by atoms with E-state index >= 15 is 0 Å². The molecule has 26 heavy (non-hydrogen) atoms. The summed E-state index contributed by atoms with van der Waals surface area (Å²) in [6.07, 6.45) is 1.11. The molecular formula is C22H30N4. The van der Waals surface area contributed by atoms with Crippen molar-refractivity contribution in [1.82, 2.24) is 15.3 Å². The van der Waals surface area contributed by atoms with E-state index in [1.807, 2.05) is 0 Å². The molecule has 2 aromatic carbocycles. The average Bonchev–Trinajstić information content (AvgIpc) is 2.70. The number of benzene rings is 2. The van der Waals surface area contributed by atoms with E-state index in [1.54, 1.807) is 0 Å². The van der Waals surface area contributed by atoms with Gasteiger partial charge in [-0.1, -0.05) is 48.5 Å². The number of nitrogens with zero attached hydrogens (tertiary/aromatic N) is 3. The molecule has 0 spiro atoms. The van der Waals surface area contributed by atoms with Gasteiger partial charge in [0, 0.05) is 57.5 Å². The van der Waals surface area contributed by atoms with Crippen molar-refractivity contribution < 1.29 is 0 Å². The first-order valence-corrected chi connectivity index (χ1v) is 9.87. The maximum absolute atomic E-state index is 3.70. The summed E-state index contributed by atoms with van der Waals surface area (Å²) >= 11 is 0. The highest BCUT2D eigenvalue weighted by molar-refractivity contribution is 5.53. The summed E-state index contributed by atoms with van der Waals surface area (Å²) in [5, 5.41) is 8.86. The second kappa shape index (κ2) is 8.21. The topological polar surface area (TPSA) is 21.8 Å². The van der Waals surface area contributed by atoms with Gasteiger partial charge in [-0.15, -0.1) is 0 Å². The van der Waals surface area contributed by atoms with E-state index in [0.29, 0.717) is 6.04 Å². The molecule has 2 aliphatic rings. The van der Waals surface area contributed by atoms with Gasteiger partial charge in [-0.05, 0) is 30.5 Å². The maximum atomic E-state index is 3.70. The lowest BCUT2D eigenvalue weighted by atomic mass is 10.0. The van der Waals surface area contributed by atoms with Crippen LogP contribution in [0, 0.1) is 6.92 Å². The molecule has 0 saturated carbocycles. The van der Waals surface area contributed by atoms with Crippen LogP contribution in [0.5, 0.6) is 0 Å². The number of piperazine rings is 2. The lowest BCUT2D eigenvalue weighted by Gasteiger charge is -2.45. The first-order valence-electron chi connectivity index (χ1n) is 9.87. The summed E-state index contributed by atoms with van der Waals surface area (Å²) in [5.74, 6) is 0. The zero-order valence-corrected chi connectivity index (χ0v) is 15.8. The fourth-order valence-corrected chi connectivity index (χ4v) is 4.24. The number of anilines is 1. The summed E-state index contributed by atoms with van der Waals surface area (Å²) in [4.78, 5) is 2.54. The first kappa shape index (κ1) is 17.5. The molecule has 4 heteroatoms. The minimum Gasteiger partial charge on any atom is -0.369 e. The molecular weight excluding hydrogens is 320 g/mol. The third kappa shape index (κ3) is 4.09. The Morgan fingerprint density at radius 2 is 1.58 bits per heavy atom. The predicted octanol–water partition coefficient (Wildman–Crippen LogP) is 2.55. The minimum absolute atomic E-state index is 0.542.